The Balaban J connectivity index is 1.92. The van der Waals surface area contributed by atoms with Crippen LogP contribution in [0, 0.1) is 5.41 Å². The van der Waals surface area contributed by atoms with Gasteiger partial charge in [-0.15, -0.1) is 0 Å². The van der Waals surface area contributed by atoms with Crippen LogP contribution in [0.5, 0.6) is 5.75 Å². The van der Waals surface area contributed by atoms with Gasteiger partial charge in [0.05, 0.1) is 17.4 Å². The molecule has 0 atom stereocenters. The highest BCUT2D eigenvalue weighted by Crippen LogP contribution is 2.38. The summed E-state index contributed by atoms with van der Waals surface area (Å²) in [7, 11) is 0. The molecule has 0 bridgehead atoms. The van der Waals surface area contributed by atoms with Gasteiger partial charge in [-0.05, 0) is 51.1 Å². The lowest BCUT2D eigenvalue weighted by molar-refractivity contribution is -0.127. The number of anilines is 2. The minimum absolute atomic E-state index is 0.00161. The molecule has 24 heavy (non-hydrogen) atoms. The van der Waals surface area contributed by atoms with Crippen molar-refractivity contribution in [3.05, 3.63) is 42.4 Å². The van der Waals surface area contributed by atoms with Crippen molar-refractivity contribution in [3.8, 4) is 5.75 Å². The number of rotatable bonds is 3. The van der Waals surface area contributed by atoms with Crippen molar-refractivity contribution in [3.63, 3.8) is 0 Å². The van der Waals surface area contributed by atoms with E-state index < -0.39 is 5.41 Å². The maximum Gasteiger partial charge on any atom is 0.291 e. The van der Waals surface area contributed by atoms with Gasteiger partial charge in [-0.25, -0.2) is 0 Å². The van der Waals surface area contributed by atoms with Crippen LogP contribution in [0.1, 0.15) is 31.3 Å². The lowest BCUT2D eigenvalue weighted by Crippen LogP contribution is -2.42. The van der Waals surface area contributed by atoms with E-state index in [1.54, 1.807) is 35.2 Å². The first-order chi connectivity index (χ1) is 11.4. The third-order valence-corrected chi connectivity index (χ3v) is 3.98. The molecule has 0 aliphatic carbocycles. The molecule has 2 aromatic rings. The fraction of sp³-hybridized carbons (Fsp3) is 0.333. The van der Waals surface area contributed by atoms with Crippen molar-refractivity contribution in [1.29, 1.82) is 0 Å². The Hall–Kier alpha value is -2.76. The molecule has 126 valence electrons. The largest absolute Gasteiger partial charge is 0.490 e. The van der Waals surface area contributed by atoms with Gasteiger partial charge in [-0.3, -0.25) is 9.59 Å². The number of ether oxygens (including phenoxy) is 1. The quantitative estimate of drug-likeness (QED) is 0.938. The number of nitrogens with zero attached hydrogens (tertiary/aromatic N) is 1. The van der Waals surface area contributed by atoms with Crippen molar-refractivity contribution in [2.24, 2.45) is 5.41 Å². The van der Waals surface area contributed by atoms with E-state index in [0.717, 1.165) is 0 Å². The second-order valence-corrected chi connectivity index (χ2v) is 6.34. The number of benzene rings is 1. The molecule has 1 aromatic carbocycles. The Labute approximate surface area is 140 Å². The summed E-state index contributed by atoms with van der Waals surface area (Å²) in [5, 5.41) is 2.77. The average Bonchev–Trinajstić information content (AvgIpc) is 3.06. The summed E-state index contributed by atoms with van der Waals surface area (Å²) in [5.74, 6) is 0.514. The summed E-state index contributed by atoms with van der Waals surface area (Å²) in [4.78, 5) is 26.5. The van der Waals surface area contributed by atoms with E-state index in [2.05, 4.69) is 5.32 Å². The summed E-state index contributed by atoms with van der Waals surface area (Å²) in [6.45, 7) is 6.48. The molecule has 1 aromatic heterocycles. The lowest BCUT2D eigenvalue weighted by atomic mass is 9.93. The zero-order valence-corrected chi connectivity index (χ0v) is 14.0. The van der Waals surface area contributed by atoms with Gasteiger partial charge in [0.15, 0.2) is 5.76 Å². The molecule has 0 saturated carbocycles. The molecule has 1 aliphatic rings. The van der Waals surface area contributed by atoms with Gasteiger partial charge in [0.2, 0.25) is 5.91 Å². The monoisotopic (exact) mass is 328 g/mol. The second kappa shape index (κ2) is 6.03. The standard InChI is InChI=1S/C18H20N2O4/c1-4-20-13-10-12(19-16(21)15-6-5-9-23-15)7-8-14(13)24-11-18(2,3)17(20)22/h5-10H,4,11H2,1-3H3,(H,19,21). The SMILES string of the molecule is CCN1C(=O)C(C)(C)COc2ccc(NC(=O)c3ccco3)cc21. The number of hydrogen-bond donors (Lipinski definition) is 1. The first kappa shape index (κ1) is 16.1. The second-order valence-electron chi connectivity index (χ2n) is 6.34. The van der Waals surface area contributed by atoms with Crippen molar-refractivity contribution in [2.75, 3.05) is 23.4 Å². The molecule has 3 rings (SSSR count). The van der Waals surface area contributed by atoms with Gasteiger partial charge in [0, 0.05) is 12.2 Å². The Morgan fingerprint density at radius 1 is 1.33 bits per heavy atom. The molecule has 1 aliphatic heterocycles. The molecule has 6 nitrogen and oxygen atoms in total. The van der Waals surface area contributed by atoms with Gasteiger partial charge < -0.3 is 19.4 Å². The zero-order valence-electron chi connectivity index (χ0n) is 14.0. The first-order valence-corrected chi connectivity index (χ1v) is 7.86. The summed E-state index contributed by atoms with van der Waals surface area (Å²) in [6, 6.07) is 8.51. The van der Waals surface area contributed by atoms with Crippen LogP contribution in [-0.2, 0) is 4.79 Å². The van der Waals surface area contributed by atoms with Crippen LogP contribution in [0.25, 0.3) is 0 Å². The minimum atomic E-state index is -0.605. The number of carbonyl (C=O) groups excluding carboxylic acids is 2. The lowest BCUT2D eigenvalue weighted by Gasteiger charge is -2.27. The Morgan fingerprint density at radius 2 is 2.12 bits per heavy atom. The fourth-order valence-electron chi connectivity index (χ4n) is 2.64. The molecule has 6 heteroatoms. The van der Waals surface area contributed by atoms with E-state index in [1.165, 1.54) is 6.26 Å². The predicted molar refractivity (Wildman–Crippen MR) is 90.4 cm³/mol. The highest BCUT2D eigenvalue weighted by molar-refractivity contribution is 6.04. The Morgan fingerprint density at radius 3 is 2.79 bits per heavy atom. The van der Waals surface area contributed by atoms with Crippen molar-refractivity contribution in [1.82, 2.24) is 0 Å². The summed E-state index contributed by atoms with van der Waals surface area (Å²) in [5.41, 5.74) is 0.627. The molecule has 0 radical (unpaired) electrons. The number of nitrogens with one attached hydrogen (secondary N) is 1. The van der Waals surface area contributed by atoms with Crippen LogP contribution in [0.3, 0.4) is 0 Å². The Bertz CT molecular complexity index is 765. The van der Waals surface area contributed by atoms with Crippen molar-refractivity contribution < 1.29 is 18.7 Å². The van der Waals surface area contributed by atoms with Gasteiger partial charge in [0.1, 0.15) is 12.4 Å². The van der Waals surface area contributed by atoms with Crippen molar-refractivity contribution >= 4 is 23.2 Å². The topological polar surface area (TPSA) is 71.8 Å². The van der Waals surface area contributed by atoms with E-state index in [4.69, 9.17) is 9.15 Å². The number of hydrogen-bond acceptors (Lipinski definition) is 4. The smallest absolute Gasteiger partial charge is 0.291 e. The maximum absolute atomic E-state index is 12.7. The van der Waals surface area contributed by atoms with Crippen LogP contribution >= 0.6 is 0 Å². The molecule has 2 heterocycles. The average molecular weight is 328 g/mol. The summed E-state index contributed by atoms with van der Waals surface area (Å²) < 4.78 is 10.9. The molecule has 0 fully saturated rings. The first-order valence-electron chi connectivity index (χ1n) is 7.86. The minimum Gasteiger partial charge on any atom is -0.490 e. The number of fused-ring (bicyclic) bond motifs is 1. The van der Waals surface area contributed by atoms with Crippen LogP contribution in [-0.4, -0.2) is 25.0 Å². The maximum atomic E-state index is 12.7. The zero-order chi connectivity index (χ0) is 17.3. The number of furan rings is 1. The predicted octanol–water partition coefficient (Wildman–Crippen LogP) is 3.30. The van der Waals surface area contributed by atoms with Crippen LogP contribution < -0.4 is 15.0 Å². The van der Waals surface area contributed by atoms with E-state index in [1.807, 2.05) is 20.8 Å². The molecular formula is C18H20N2O4. The third kappa shape index (κ3) is 2.87. The third-order valence-electron chi connectivity index (χ3n) is 3.98. The number of amides is 2. The van der Waals surface area contributed by atoms with Crippen LogP contribution in [0.4, 0.5) is 11.4 Å². The fourth-order valence-corrected chi connectivity index (χ4v) is 2.64. The normalized spacial score (nSPS) is 16.1. The molecule has 0 unspecified atom stereocenters. The van der Waals surface area contributed by atoms with Crippen LogP contribution in [0.2, 0.25) is 0 Å². The highest BCUT2D eigenvalue weighted by atomic mass is 16.5. The van der Waals surface area contributed by atoms with Gasteiger partial charge >= 0.3 is 0 Å². The van der Waals surface area contributed by atoms with Gasteiger partial charge in [-0.2, -0.15) is 0 Å². The number of carbonyl (C=O) groups is 2. The summed E-state index contributed by atoms with van der Waals surface area (Å²) in [6.07, 6.45) is 1.44. The molecule has 0 saturated heterocycles. The summed E-state index contributed by atoms with van der Waals surface area (Å²) >= 11 is 0. The van der Waals surface area contributed by atoms with E-state index >= 15 is 0 Å². The molecular weight excluding hydrogens is 308 g/mol. The van der Waals surface area contributed by atoms with E-state index in [-0.39, 0.29) is 17.6 Å². The van der Waals surface area contributed by atoms with E-state index in [9.17, 15) is 9.59 Å². The van der Waals surface area contributed by atoms with Crippen molar-refractivity contribution in [2.45, 2.75) is 20.8 Å². The Kier molecular flexibility index (Phi) is 4.05. The molecule has 1 N–H and O–H groups in total. The van der Waals surface area contributed by atoms with E-state index in [0.29, 0.717) is 30.3 Å². The van der Waals surface area contributed by atoms with Crippen LogP contribution in [0.15, 0.2) is 41.0 Å². The molecule has 2 amide bonds. The highest BCUT2D eigenvalue weighted by Gasteiger charge is 2.37. The molecule has 0 spiro atoms. The van der Waals surface area contributed by atoms with Gasteiger partial charge in [0.25, 0.3) is 5.91 Å². The van der Waals surface area contributed by atoms with Gasteiger partial charge in [-0.1, -0.05) is 0 Å².